The number of hydrogen-bond acceptors (Lipinski definition) is 7. The minimum Gasteiger partial charge on any atom is -0.459 e. The third kappa shape index (κ3) is 13.6. The maximum absolute atomic E-state index is 13.6. The smallest absolute Gasteiger partial charge is 0.408 e. The molecular formula is C33H46N2O6S. The topological polar surface area (TPSA) is 111 Å². The van der Waals surface area contributed by atoms with Crippen LogP contribution in [0.15, 0.2) is 60.7 Å². The van der Waals surface area contributed by atoms with Crippen LogP contribution in [0, 0.1) is 11.8 Å². The predicted octanol–water partition coefficient (Wildman–Crippen LogP) is 5.73. The van der Waals surface area contributed by atoms with Gasteiger partial charge in [-0.05, 0) is 69.1 Å². The number of benzene rings is 2. The van der Waals surface area contributed by atoms with Gasteiger partial charge in [-0.2, -0.15) is 11.8 Å². The number of amides is 2. The average molecular weight is 599 g/mol. The zero-order chi connectivity index (χ0) is 31.1. The third-order valence-corrected chi connectivity index (χ3v) is 7.03. The monoisotopic (exact) mass is 598 g/mol. The van der Waals surface area contributed by atoms with Crippen molar-refractivity contribution in [2.24, 2.45) is 11.8 Å². The quantitative estimate of drug-likeness (QED) is 0.238. The molecule has 2 aromatic carbocycles. The molecule has 0 aliphatic rings. The van der Waals surface area contributed by atoms with Gasteiger partial charge >= 0.3 is 12.1 Å². The van der Waals surface area contributed by atoms with E-state index in [1.165, 1.54) is 0 Å². The summed E-state index contributed by atoms with van der Waals surface area (Å²) in [6.07, 6.45) is 2.25. The van der Waals surface area contributed by atoms with Crippen molar-refractivity contribution in [3.63, 3.8) is 0 Å². The molecule has 0 heterocycles. The lowest BCUT2D eigenvalue weighted by atomic mass is 9.92. The molecule has 2 amide bonds. The molecule has 0 bridgehead atoms. The van der Waals surface area contributed by atoms with Gasteiger partial charge in [0.25, 0.3) is 0 Å². The Kier molecular flexibility index (Phi) is 14.6. The van der Waals surface area contributed by atoms with E-state index in [4.69, 9.17) is 9.47 Å². The molecule has 0 radical (unpaired) electrons. The van der Waals surface area contributed by atoms with Crippen molar-refractivity contribution in [1.29, 1.82) is 0 Å². The van der Waals surface area contributed by atoms with Gasteiger partial charge in [0.05, 0.1) is 6.04 Å². The second-order valence-electron chi connectivity index (χ2n) is 11.8. The molecule has 42 heavy (non-hydrogen) atoms. The van der Waals surface area contributed by atoms with Crippen molar-refractivity contribution >= 4 is 35.5 Å². The Bertz CT molecular complexity index is 1130. The van der Waals surface area contributed by atoms with Crippen LogP contribution in [0.3, 0.4) is 0 Å². The molecule has 0 aromatic heterocycles. The lowest BCUT2D eigenvalue weighted by molar-refractivity contribution is -0.150. The number of Topliss-reactive ketones (excluding diaryl/α,β-unsaturated/α-hetero) is 1. The van der Waals surface area contributed by atoms with Crippen LogP contribution in [0.25, 0.3) is 0 Å². The molecule has 0 fully saturated rings. The van der Waals surface area contributed by atoms with Crippen LogP contribution in [0.5, 0.6) is 0 Å². The van der Waals surface area contributed by atoms with E-state index in [9.17, 15) is 19.2 Å². The van der Waals surface area contributed by atoms with Crippen molar-refractivity contribution in [1.82, 2.24) is 10.6 Å². The van der Waals surface area contributed by atoms with E-state index in [1.807, 2.05) is 80.8 Å². The summed E-state index contributed by atoms with van der Waals surface area (Å²) in [5, 5.41) is 5.59. The SMILES string of the molecule is CSCC[C@H](CC(=O)[C@H](Cc1ccccc1)NC(=O)OC(C)(C)C)C(=O)N[C@@H](CC(C)C)C(=O)OCc1ccccc1. The summed E-state index contributed by atoms with van der Waals surface area (Å²) in [6, 6.07) is 17.0. The predicted molar refractivity (Wildman–Crippen MR) is 167 cm³/mol. The van der Waals surface area contributed by atoms with Crippen LogP contribution in [-0.2, 0) is 36.9 Å². The van der Waals surface area contributed by atoms with Crippen molar-refractivity contribution in [3.05, 3.63) is 71.8 Å². The molecule has 9 heteroatoms. The maximum atomic E-state index is 13.6. The lowest BCUT2D eigenvalue weighted by Crippen LogP contribution is -2.48. The van der Waals surface area contributed by atoms with Gasteiger partial charge in [0, 0.05) is 12.3 Å². The van der Waals surface area contributed by atoms with Crippen LogP contribution in [0.4, 0.5) is 4.79 Å². The van der Waals surface area contributed by atoms with Gasteiger partial charge in [-0.1, -0.05) is 74.5 Å². The zero-order valence-corrected chi connectivity index (χ0v) is 26.5. The van der Waals surface area contributed by atoms with E-state index in [2.05, 4.69) is 10.6 Å². The zero-order valence-electron chi connectivity index (χ0n) is 25.7. The van der Waals surface area contributed by atoms with E-state index in [0.29, 0.717) is 18.6 Å². The van der Waals surface area contributed by atoms with Crippen LogP contribution in [0.1, 0.15) is 65.0 Å². The molecular weight excluding hydrogens is 552 g/mol. The minimum absolute atomic E-state index is 0.0901. The Morgan fingerprint density at radius 2 is 1.45 bits per heavy atom. The van der Waals surface area contributed by atoms with E-state index in [-0.39, 0.29) is 37.1 Å². The first-order chi connectivity index (χ1) is 19.9. The Hall–Kier alpha value is -3.33. The van der Waals surface area contributed by atoms with Crippen molar-refractivity contribution in [2.45, 2.75) is 84.6 Å². The van der Waals surface area contributed by atoms with E-state index < -0.39 is 35.7 Å². The fourth-order valence-corrected chi connectivity index (χ4v) is 4.84. The fraction of sp³-hybridized carbons (Fsp3) is 0.515. The lowest BCUT2D eigenvalue weighted by Gasteiger charge is -2.25. The highest BCUT2D eigenvalue weighted by molar-refractivity contribution is 7.98. The van der Waals surface area contributed by atoms with Crippen LogP contribution < -0.4 is 10.6 Å². The van der Waals surface area contributed by atoms with Gasteiger partial charge in [-0.3, -0.25) is 9.59 Å². The second-order valence-corrected chi connectivity index (χ2v) is 12.8. The molecule has 2 N–H and O–H groups in total. The minimum atomic E-state index is -0.880. The summed E-state index contributed by atoms with van der Waals surface area (Å²) in [4.78, 5) is 52.8. The number of rotatable bonds is 16. The van der Waals surface area contributed by atoms with E-state index in [0.717, 1.165) is 11.1 Å². The molecule has 0 saturated carbocycles. The van der Waals surface area contributed by atoms with Crippen molar-refractivity contribution in [3.8, 4) is 0 Å². The van der Waals surface area contributed by atoms with Gasteiger partial charge in [0.15, 0.2) is 5.78 Å². The molecule has 230 valence electrons. The third-order valence-electron chi connectivity index (χ3n) is 6.38. The van der Waals surface area contributed by atoms with Crippen molar-refractivity contribution < 1.29 is 28.7 Å². The van der Waals surface area contributed by atoms with Crippen LogP contribution in [0.2, 0.25) is 0 Å². The van der Waals surface area contributed by atoms with E-state index >= 15 is 0 Å². The molecule has 2 aromatic rings. The number of alkyl carbamates (subject to hydrolysis) is 1. The summed E-state index contributed by atoms with van der Waals surface area (Å²) >= 11 is 1.57. The first-order valence-corrected chi connectivity index (χ1v) is 15.8. The van der Waals surface area contributed by atoms with Gasteiger partial charge in [0.2, 0.25) is 5.91 Å². The highest BCUT2D eigenvalue weighted by Gasteiger charge is 2.32. The Morgan fingerprint density at radius 3 is 2.00 bits per heavy atom. The standard InChI is InChI=1S/C33H46N2O6S/c1-23(2)19-28(31(38)40-22-25-15-11-8-12-16-25)34-30(37)26(17-18-42-6)21-29(36)27(20-24-13-9-7-10-14-24)35-32(39)41-33(3,4)5/h7-16,23,26-28H,17-22H2,1-6H3,(H,34,37)(H,35,39)/t26-,27+,28+/m1/s1. The largest absolute Gasteiger partial charge is 0.459 e. The average Bonchev–Trinajstić information content (AvgIpc) is 2.93. The Morgan fingerprint density at radius 1 is 0.857 bits per heavy atom. The van der Waals surface area contributed by atoms with Crippen LogP contribution in [-0.4, -0.2) is 53.4 Å². The molecule has 0 unspecified atom stereocenters. The van der Waals surface area contributed by atoms with Gasteiger partial charge in [-0.15, -0.1) is 0 Å². The molecule has 8 nitrogen and oxygen atoms in total. The summed E-state index contributed by atoms with van der Waals surface area (Å²) in [6.45, 7) is 9.30. The van der Waals surface area contributed by atoms with Gasteiger partial charge in [0.1, 0.15) is 18.2 Å². The summed E-state index contributed by atoms with van der Waals surface area (Å²) in [5.74, 6) is -1.07. The first-order valence-electron chi connectivity index (χ1n) is 14.4. The number of carbonyl (C=O) groups is 4. The first kappa shape index (κ1) is 34.9. The summed E-state index contributed by atoms with van der Waals surface area (Å²) in [5.41, 5.74) is 0.993. The Labute approximate surface area is 254 Å². The number of thioether (sulfide) groups is 1. The van der Waals surface area contributed by atoms with Crippen LogP contribution >= 0.6 is 11.8 Å². The summed E-state index contributed by atoms with van der Waals surface area (Å²) < 4.78 is 10.9. The number of ether oxygens (including phenoxy) is 2. The number of nitrogens with one attached hydrogen (secondary N) is 2. The molecule has 2 rings (SSSR count). The number of hydrogen-bond donors (Lipinski definition) is 2. The fourth-order valence-electron chi connectivity index (χ4n) is 4.32. The highest BCUT2D eigenvalue weighted by Crippen LogP contribution is 2.18. The molecule has 0 aliphatic carbocycles. The number of ketones is 1. The number of carbonyl (C=O) groups excluding carboxylic acids is 4. The molecule has 0 saturated heterocycles. The van der Waals surface area contributed by atoms with Gasteiger partial charge < -0.3 is 20.1 Å². The molecule has 3 atom stereocenters. The molecule has 0 spiro atoms. The number of esters is 1. The van der Waals surface area contributed by atoms with Crippen molar-refractivity contribution in [2.75, 3.05) is 12.0 Å². The van der Waals surface area contributed by atoms with Gasteiger partial charge in [-0.25, -0.2) is 9.59 Å². The second kappa shape index (κ2) is 17.6. The maximum Gasteiger partial charge on any atom is 0.408 e. The molecule has 0 aliphatic heterocycles. The summed E-state index contributed by atoms with van der Waals surface area (Å²) in [7, 11) is 0. The normalized spacial score (nSPS) is 13.5. The highest BCUT2D eigenvalue weighted by atomic mass is 32.2. The van der Waals surface area contributed by atoms with E-state index in [1.54, 1.807) is 32.5 Å². The Balaban J connectivity index is 2.18.